The van der Waals surface area contributed by atoms with E-state index in [0.29, 0.717) is 11.8 Å². The average Bonchev–Trinajstić information content (AvgIpc) is 2.30. The second-order valence-corrected chi connectivity index (χ2v) is 3.27. The van der Waals surface area contributed by atoms with E-state index in [2.05, 4.69) is 24.0 Å². The van der Waals surface area contributed by atoms with Crippen molar-refractivity contribution in [2.75, 3.05) is 0 Å². The van der Waals surface area contributed by atoms with Gasteiger partial charge in [0, 0.05) is 11.3 Å². The number of alkyl halides is 1. The Balaban J connectivity index is 3.05. The zero-order valence-corrected chi connectivity index (χ0v) is 7.87. The lowest BCUT2D eigenvalue weighted by Gasteiger charge is -2.01. The molecule has 0 amide bonds. The largest absolute Gasteiger partial charge is 0.282 e. The van der Waals surface area contributed by atoms with E-state index in [4.69, 9.17) is 11.6 Å². The number of aryl methyl sites for hydroxylation is 1. The summed E-state index contributed by atoms with van der Waals surface area (Å²) in [4.78, 5) is 0. The third-order valence-corrected chi connectivity index (χ3v) is 2.05. The standard InChI is InChI=1S/C8H13ClN2/c1-5(2)8-7(4-9)6(3)10-11-8/h5H,4H2,1-3H3,(H,10,11). The summed E-state index contributed by atoms with van der Waals surface area (Å²) in [5.74, 6) is 1.00. The van der Waals surface area contributed by atoms with Crippen molar-refractivity contribution >= 4 is 11.6 Å². The summed E-state index contributed by atoms with van der Waals surface area (Å²) >= 11 is 5.76. The van der Waals surface area contributed by atoms with E-state index < -0.39 is 0 Å². The molecule has 3 heteroatoms. The Hall–Kier alpha value is -0.500. The van der Waals surface area contributed by atoms with Gasteiger partial charge in [-0.1, -0.05) is 13.8 Å². The second-order valence-electron chi connectivity index (χ2n) is 3.00. The summed E-state index contributed by atoms with van der Waals surface area (Å²) in [6.45, 7) is 6.23. The molecule has 0 saturated heterocycles. The number of aromatic amines is 1. The van der Waals surface area contributed by atoms with Crippen LogP contribution in [0.15, 0.2) is 0 Å². The summed E-state index contributed by atoms with van der Waals surface area (Å²) < 4.78 is 0. The third kappa shape index (κ3) is 1.56. The van der Waals surface area contributed by atoms with Crippen LogP contribution in [0, 0.1) is 6.92 Å². The Kier molecular flexibility index (Phi) is 2.55. The Morgan fingerprint density at radius 2 is 2.18 bits per heavy atom. The van der Waals surface area contributed by atoms with Crippen LogP contribution < -0.4 is 0 Å². The number of halogens is 1. The van der Waals surface area contributed by atoms with E-state index in [9.17, 15) is 0 Å². The molecule has 1 N–H and O–H groups in total. The van der Waals surface area contributed by atoms with Crippen molar-refractivity contribution in [2.45, 2.75) is 32.6 Å². The highest BCUT2D eigenvalue weighted by molar-refractivity contribution is 6.17. The van der Waals surface area contributed by atoms with Gasteiger partial charge in [-0.05, 0) is 12.8 Å². The Morgan fingerprint density at radius 1 is 1.55 bits per heavy atom. The summed E-state index contributed by atoms with van der Waals surface area (Å²) in [5, 5.41) is 7.11. The minimum atomic E-state index is 0.452. The summed E-state index contributed by atoms with van der Waals surface area (Å²) in [5.41, 5.74) is 3.34. The molecule has 0 aliphatic carbocycles. The van der Waals surface area contributed by atoms with Crippen molar-refractivity contribution < 1.29 is 0 Å². The van der Waals surface area contributed by atoms with Gasteiger partial charge < -0.3 is 0 Å². The molecule has 1 aromatic heterocycles. The maximum atomic E-state index is 5.76. The molecule has 0 aliphatic heterocycles. The smallest absolute Gasteiger partial charge is 0.0694 e. The van der Waals surface area contributed by atoms with Crippen LogP contribution in [0.25, 0.3) is 0 Å². The van der Waals surface area contributed by atoms with E-state index in [1.165, 1.54) is 0 Å². The fraction of sp³-hybridized carbons (Fsp3) is 0.625. The Morgan fingerprint density at radius 3 is 2.55 bits per heavy atom. The number of aromatic nitrogens is 2. The zero-order valence-electron chi connectivity index (χ0n) is 7.11. The number of hydrogen-bond acceptors (Lipinski definition) is 1. The van der Waals surface area contributed by atoms with Crippen molar-refractivity contribution in [1.82, 2.24) is 10.2 Å². The molecule has 1 heterocycles. The molecule has 0 unspecified atom stereocenters. The van der Waals surface area contributed by atoms with Gasteiger partial charge >= 0.3 is 0 Å². The molecule has 62 valence electrons. The monoisotopic (exact) mass is 172 g/mol. The van der Waals surface area contributed by atoms with Gasteiger partial charge in [-0.25, -0.2) is 0 Å². The lowest BCUT2D eigenvalue weighted by molar-refractivity contribution is 0.802. The van der Waals surface area contributed by atoms with Crippen LogP contribution in [0.1, 0.15) is 36.7 Å². The van der Waals surface area contributed by atoms with E-state index in [1.54, 1.807) is 0 Å². The molecule has 0 bridgehead atoms. The van der Waals surface area contributed by atoms with Crippen LogP contribution in [0.4, 0.5) is 0 Å². The van der Waals surface area contributed by atoms with E-state index in [1.807, 2.05) is 6.92 Å². The van der Waals surface area contributed by atoms with Crippen LogP contribution in [-0.4, -0.2) is 10.2 Å². The van der Waals surface area contributed by atoms with Crippen molar-refractivity contribution in [1.29, 1.82) is 0 Å². The quantitative estimate of drug-likeness (QED) is 0.683. The Bertz CT molecular complexity index is 240. The van der Waals surface area contributed by atoms with Crippen molar-refractivity contribution in [3.05, 3.63) is 17.0 Å². The molecule has 2 nitrogen and oxygen atoms in total. The zero-order chi connectivity index (χ0) is 8.43. The fourth-order valence-corrected chi connectivity index (χ4v) is 1.45. The highest BCUT2D eigenvalue weighted by Gasteiger charge is 2.11. The van der Waals surface area contributed by atoms with Crippen LogP contribution in [-0.2, 0) is 5.88 Å². The van der Waals surface area contributed by atoms with Crippen LogP contribution in [0.2, 0.25) is 0 Å². The van der Waals surface area contributed by atoms with Gasteiger partial charge in [0.15, 0.2) is 0 Å². The molecule has 0 fully saturated rings. The van der Waals surface area contributed by atoms with Gasteiger partial charge in [-0.3, -0.25) is 5.10 Å². The molecule has 0 atom stereocenters. The molecule has 0 saturated carbocycles. The van der Waals surface area contributed by atoms with Gasteiger partial charge in [-0.2, -0.15) is 5.10 Å². The van der Waals surface area contributed by atoms with Gasteiger partial charge in [0.25, 0.3) is 0 Å². The van der Waals surface area contributed by atoms with Crippen LogP contribution in [0.5, 0.6) is 0 Å². The van der Waals surface area contributed by atoms with Crippen molar-refractivity contribution in [2.24, 2.45) is 0 Å². The Labute approximate surface area is 72.0 Å². The van der Waals surface area contributed by atoms with E-state index in [0.717, 1.165) is 17.0 Å². The molecule has 0 radical (unpaired) electrons. The summed E-state index contributed by atoms with van der Waals surface area (Å²) in [7, 11) is 0. The maximum absolute atomic E-state index is 5.76. The van der Waals surface area contributed by atoms with Gasteiger partial charge in [0.05, 0.1) is 11.6 Å². The van der Waals surface area contributed by atoms with E-state index >= 15 is 0 Å². The topological polar surface area (TPSA) is 28.7 Å². The fourth-order valence-electron chi connectivity index (χ4n) is 1.12. The third-order valence-electron chi connectivity index (χ3n) is 1.79. The molecular weight excluding hydrogens is 160 g/mol. The van der Waals surface area contributed by atoms with Gasteiger partial charge in [0.1, 0.15) is 0 Å². The molecule has 0 aromatic carbocycles. The first-order chi connectivity index (χ1) is 5.16. The highest BCUT2D eigenvalue weighted by atomic mass is 35.5. The average molecular weight is 173 g/mol. The molecular formula is C8H13ClN2. The van der Waals surface area contributed by atoms with Gasteiger partial charge in [-0.15, -0.1) is 11.6 Å². The van der Waals surface area contributed by atoms with Gasteiger partial charge in [0.2, 0.25) is 0 Å². The van der Waals surface area contributed by atoms with E-state index in [-0.39, 0.29) is 0 Å². The first-order valence-electron chi connectivity index (χ1n) is 3.76. The molecule has 0 aliphatic rings. The van der Waals surface area contributed by atoms with Crippen LogP contribution >= 0.6 is 11.6 Å². The molecule has 0 spiro atoms. The first-order valence-corrected chi connectivity index (χ1v) is 4.30. The number of rotatable bonds is 2. The minimum absolute atomic E-state index is 0.452. The number of nitrogens with one attached hydrogen (secondary N) is 1. The van der Waals surface area contributed by atoms with Crippen molar-refractivity contribution in [3.8, 4) is 0 Å². The minimum Gasteiger partial charge on any atom is -0.282 e. The summed E-state index contributed by atoms with van der Waals surface area (Å²) in [6.07, 6.45) is 0. The predicted octanol–water partition coefficient (Wildman–Crippen LogP) is 2.58. The summed E-state index contributed by atoms with van der Waals surface area (Å²) in [6, 6.07) is 0. The lowest BCUT2D eigenvalue weighted by Crippen LogP contribution is -1.92. The first kappa shape index (κ1) is 8.60. The second kappa shape index (κ2) is 3.26. The predicted molar refractivity (Wildman–Crippen MR) is 47.0 cm³/mol. The molecule has 1 rings (SSSR count). The lowest BCUT2D eigenvalue weighted by atomic mass is 10.1. The van der Waals surface area contributed by atoms with Crippen molar-refractivity contribution in [3.63, 3.8) is 0 Å². The number of H-pyrrole nitrogens is 1. The maximum Gasteiger partial charge on any atom is 0.0694 e. The molecule has 1 aromatic rings. The molecule has 11 heavy (non-hydrogen) atoms. The SMILES string of the molecule is Cc1[nH]nc(C(C)C)c1CCl. The number of hydrogen-bond donors (Lipinski definition) is 1. The highest BCUT2D eigenvalue weighted by Crippen LogP contribution is 2.20. The number of nitrogens with zero attached hydrogens (tertiary/aromatic N) is 1. The normalized spacial score (nSPS) is 11.0. The van der Waals surface area contributed by atoms with Crippen LogP contribution in [0.3, 0.4) is 0 Å².